The first kappa shape index (κ1) is 18.1. The van der Waals surface area contributed by atoms with Gasteiger partial charge in [0.25, 0.3) is 5.95 Å². The van der Waals surface area contributed by atoms with Crippen LogP contribution in [0.4, 0.5) is 5.95 Å². The molecule has 0 spiro atoms. The molecule has 0 aliphatic carbocycles. The number of anilines is 1. The quantitative estimate of drug-likeness (QED) is 0.347. The highest BCUT2D eigenvalue weighted by Crippen LogP contribution is 2.27. The molecule has 1 N–H and O–H groups in total. The van der Waals surface area contributed by atoms with Crippen molar-refractivity contribution in [2.45, 2.75) is 13.5 Å². The molecule has 2 aromatic heterocycles. The van der Waals surface area contributed by atoms with Crippen molar-refractivity contribution in [2.24, 2.45) is 5.10 Å². The van der Waals surface area contributed by atoms with Crippen molar-refractivity contribution < 1.29 is 4.74 Å². The zero-order valence-corrected chi connectivity index (χ0v) is 16.7. The summed E-state index contributed by atoms with van der Waals surface area (Å²) in [4.78, 5) is 4.65. The predicted octanol–water partition coefficient (Wildman–Crippen LogP) is 4.61. The van der Waals surface area contributed by atoms with Crippen molar-refractivity contribution in [1.29, 1.82) is 0 Å². The molecule has 0 amide bonds. The average Bonchev–Trinajstić information content (AvgIpc) is 3.12. The second kappa shape index (κ2) is 7.44. The third kappa shape index (κ3) is 2.91. The number of hydrogen-bond acceptors (Lipinski definition) is 6. The van der Waals surface area contributed by atoms with E-state index in [1.807, 2.05) is 48.5 Å². The fourth-order valence-corrected chi connectivity index (χ4v) is 3.81. The molecule has 0 bridgehead atoms. The standard InChI is InChI=1S/C23H20N6O/c1-3-29-19-11-7-6-10-17(19)21-22(29)25-23(28-26-21)27-24-14-18-16-9-5-4-8-15(16)12-13-20(18)30-2/h4-14H,3H2,1-2H3,(H,25,27,28)/b24-14+. The summed E-state index contributed by atoms with van der Waals surface area (Å²) < 4.78 is 7.64. The van der Waals surface area contributed by atoms with Crippen molar-refractivity contribution in [3.05, 3.63) is 66.2 Å². The van der Waals surface area contributed by atoms with E-state index < -0.39 is 0 Å². The van der Waals surface area contributed by atoms with Crippen LogP contribution in [0.2, 0.25) is 0 Å². The summed E-state index contributed by atoms with van der Waals surface area (Å²) in [7, 11) is 1.65. The van der Waals surface area contributed by atoms with Gasteiger partial charge in [-0.25, -0.2) is 5.43 Å². The lowest BCUT2D eigenvalue weighted by atomic mass is 10.0. The van der Waals surface area contributed by atoms with E-state index in [-0.39, 0.29) is 0 Å². The molecular weight excluding hydrogens is 376 g/mol. The highest BCUT2D eigenvalue weighted by Gasteiger charge is 2.13. The van der Waals surface area contributed by atoms with E-state index >= 15 is 0 Å². The maximum Gasteiger partial charge on any atom is 0.265 e. The molecule has 0 unspecified atom stereocenters. The number of para-hydroxylation sites is 1. The lowest BCUT2D eigenvalue weighted by Gasteiger charge is -2.08. The highest BCUT2D eigenvalue weighted by atomic mass is 16.5. The van der Waals surface area contributed by atoms with Crippen LogP contribution >= 0.6 is 0 Å². The van der Waals surface area contributed by atoms with Gasteiger partial charge in [0, 0.05) is 17.5 Å². The minimum absolute atomic E-state index is 0.343. The molecule has 0 aliphatic heterocycles. The van der Waals surface area contributed by atoms with Gasteiger partial charge in [-0.2, -0.15) is 10.1 Å². The Morgan fingerprint density at radius 2 is 1.80 bits per heavy atom. The molecule has 5 aromatic rings. The van der Waals surface area contributed by atoms with E-state index in [0.717, 1.165) is 50.7 Å². The zero-order valence-electron chi connectivity index (χ0n) is 16.7. The molecule has 0 atom stereocenters. The van der Waals surface area contributed by atoms with Gasteiger partial charge in [-0.05, 0) is 29.8 Å². The Morgan fingerprint density at radius 3 is 2.63 bits per heavy atom. The van der Waals surface area contributed by atoms with Crippen molar-refractivity contribution in [2.75, 3.05) is 12.5 Å². The molecule has 3 aromatic carbocycles. The normalized spacial score (nSPS) is 11.7. The Morgan fingerprint density at radius 1 is 1.00 bits per heavy atom. The third-order valence-corrected chi connectivity index (χ3v) is 5.20. The molecule has 30 heavy (non-hydrogen) atoms. The summed E-state index contributed by atoms with van der Waals surface area (Å²) in [6.07, 6.45) is 1.73. The number of methoxy groups -OCH3 is 1. The predicted molar refractivity (Wildman–Crippen MR) is 120 cm³/mol. The van der Waals surface area contributed by atoms with E-state index in [9.17, 15) is 0 Å². The molecular formula is C23H20N6O. The summed E-state index contributed by atoms with van der Waals surface area (Å²) in [6.45, 7) is 2.88. The maximum atomic E-state index is 5.51. The fourth-order valence-electron chi connectivity index (χ4n) is 3.81. The SMILES string of the molecule is CCn1c2ccccc2c2nnc(N/N=C/c3c(OC)ccc4ccccc34)nc21. The summed E-state index contributed by atoms with van der Waals surface area (Å²) >= 11 is 0. The monoisotopic (exact) mass is 396 g/mol. The van der Waals surface area contributed by atoms with Gasteiger partial charge in [0.2, 0.25) is 0 Å². The van der Waals surface area contributed by atoms with E-state index in [0.29, 0.717) is 5.95 Å². The number of nitrogens with zero attached hydrogens (tertiary/aromatic N) is 5. The van der Waals surface area contributed by atoms with E-state index in [2.05, 4.69) is 49.3 Å². The zero-order chi connectivity index (χ0) is 20.5. The molecule has 0 radical (unpaired) electrons. The number of fused-ring (bicyclic) bond motifs is 4. The Hall–Kier alpha value is -4.00. The Labute approximate surface area is 173 Å². The molecule has 0 aliphatic rings. The van der Waals surface area contributed by atoms with Crippen LogP contribution in [0.25, 0.3) is 32.8 Å². The molecule has 148 valence electrons. The van der Waals surface area contributed by atoms with Gasteiger partial charge in [-0.1, -0.05) is 48.5 Å². The number of hydrazone groups is 1. The Bertz CT molecular complexity index is 1410. The van der Waals surface area contributed by atoms with E-state index in [1.165, 1.54) is 0 Å². The summed E-state index contributed by atoms with van der Waals surface area (Å²) in [5.74, 6) is 1.09. The molecule has 0 saturated heterocycles. The van der Waals surface area contributed by atoms with Gasteiger partial charge in [0.1, 0.15) is 11.3 Å². The molecule has 7 heteroatoms. The summed E-state index contributed by atoms with van der Waals surface area (Å²) in [6, 6.07) is 20.2. The lowest BCUT2D eigenvalue weighted by Crippen LogP contribution is -2.02. The Kier molecular flexibility index (Phi) is 4.48. The van der Waals surface area contributed by atoms with Gasteiger partial charge in [-0.15, -0.1) is 10.2 Å². The molecule has 7 nitrogen and oxygen atoms in total. The average molecular weight is 396 g/mol. The molecule has 2 heterocycles. The number of benzene rings is 3. The van der Waals surface area contributed by atoms with Gasteiger partial charge in [0.15, 0.2) is 5.65 Å². The first-order valence-corrected chi connectivity index (χ1v) is 9.76. The largest absolute Gasteiger partial charge is 0.496 e. The number of nitrogens with one attached hydrogen (secondary N) is 1. The summed E-state index contributed by atoms with van der Waals surface area (Å²) in [5, 5.41) is 16.2. The fraction of sp³-hybridized carbons (Fsp3) is 0.130. The molecule has 0 fully saturated rings. The topological polar surface area (TPSA) is 77.2 Å². The molecule has 5 rings (SSSR count). The van der Waals surface area contributed by atoms with Crippen molar-refractivity contribution in [3.8, 4) is 5.75 Å². The summed E-state index contributed by atoms with van der Waals surface area (Å²) in [5.41, 5.74) is 6.47. The maximum absolute atomic E-state index is 5.51. The second-order valence-electron chi connectivity index (χ2n) is 6.84. The van der Waals surface area contributed by atoms with Crippen LogP contribution in [0.5, 0.6) is 5.75 Å². The van der Waals surface area contributed by atoms with Gasteiger partial charge in [0.05, 0.1) is 18.8 Å². The van der Waals surface area contributed by atoms with Crippen molar-refractivity contribution >= 4 is 45.0 Å². The van der Waals surface area contributed by atoms with Gasteiger partial charge >= 0.3 is 0 Å². The number of ether oxygens (including phenoxy) is 1. The minimum Gasteiger partial charge on any atom is -0.496 e. The van der Waals surface area contributed by atoms with Crippen LogP contribution in [0.3, 0.4) is 0 Å². The van der Waals surface area contributed by atoms with Crippen LogP contribution in [-0.2, 0) is 6.54 Å². The van der Waals surface area contributed by atoms with Crippen LogP contribution in [0, 0.1) is 0 Å². The van der Waals surface area contributed by atoms with Crippen LogP contribution in [-0.4, -0.2) is 33.1 Å². The number of aromatic nitrogens is 4. The van der Waals surface area contributed by atoms with E-state index in [4.69, 9.17) is 4.74 Å². The number of rotatable bonds is 5. The number of aryl methyl sites for hydroxylation is 1. The van der Waals surface area contributed by atoms with Gasteiger partial charge in [-0.3, -0.25) is 0 Å². The highest BCUT2D eigenvalue weighted by molar-refractivity contribution is 6.04. The van der Waals surface area contributed by atoms with Crippen LogP contribution in [0.15, 0.2) is 65.8 Å². The first-order chi connectivity index (χ1) is 14.8. The van der Waals surface area contributed by atoms with Crippen molar-refractivity contribution in [3.63, 3.8) is 0 Å². The first-order valence-electron chi connectivity index (χ1n) is 9.76. The van der Waals surface area contributed by atoms with Crippen LogP contribution in [0.1, 0.15) is 12.5 Å². The third-order valence-electron chi connectivity index (χ3n) is 5.20. The van der Waals surface area contributed by atoms with Gasteiger partial charge < -0.3 is 9.30 Å². The molecule has 0 saturated carbocycles. The smallest absolute Gasteiger partial charge is 0.265 e. The van der Waals surface area contributed by atoms with Crippen LogP contribution < -0.4 is 10.2 Å². The second-order valence-corrected chi connectivity index (χ2v) is 6.84. The number of hydrogen-bond donors (Lipinski definition) is 1. The van der Waals surface area contributed by atoms with E-state index in [1.54, 1.807) is 13.3 Å². The Balaban J connectivity index is 1.52. The lowest BCUT2D eigenvalue weighted by molar-refractivity contribution is 0.415. The minimum atomic E-state index is 0.343. The van der Waals surface area contributed by atoms with Crippen molar-refractivity contribution in [1.82, 2.24) is 19.7 Å².